The zero-order valence-electron chi connectivity index (χ0n) is 17.7. The summed E-state index contributed by atoms with van der Waals surface area (Å²) >= 11 is 0. The highest BCUT2D eigenvalue weighted by Gasteiger charge is 2.22. The fourth-order valence-corrected chi connectivity index (χ4v) is 3.90. The van der Waals surface area contributed by atoms with Crippen molar-refractivity contribution in [1.82, 2.24) is 20.1 Å². The van der Waals surface area contributed by atoms with Crippen LogP contribution >= 0.6 is 0 Å². The van der Waals surface area contributed by atoms with Crippen LogP contribution in [0.25, 0.3) is 16.7 Å². The van der Waals surface area contributed by atoms with Gasteiger partial charge >= 0.3 is 0 Å². The largest absolute Gasteiger partial charge is 0.343 e. The van der Waals surface area contributed by atoms with E-state index < -0.39 is 0 Å². The average Bonchev–Trinajstić information content (AvgIpc) is 3.25. The van der Waals surface area contributed by atoms with Crippen LogP contribution in [0.2, 0.25) is 0 Å². The molecule has 1 amide bonds. The van der Waals surface area contributed by atoms with Gasteiger partial charge in [-0.05, 0) is 53.9 Å². The van der Waals surface area contributed by atoms with Gasteiger partial charge in [-0.1, -0.05) is 60.7 Å². The summed E-state index contributed by atoms with van der Waals surface area (Å²) in [5.41, 5.74) is 3.57. The van der Waals surface area contributed by atoms with Gasteiger partial charge in [0, 0.05) is 6.20 Å². The molecule has 1 unspecified atom stereocenters. The number of hydrogen-bond acceptors (Lipinski definition) is 3. The highest BCUT2D eigenvalue weighted by atomic mass is 19.1. The fourth-order valence-electron chi connectivity index (χ4n) is 3.90. The molecule has 162 valence electrons. The minimum Gasteiger partial charge on any atom is -0.343 e. The molecule has 5 aromatic rings. The Balaban J connectivity index is 1.51. The number of carbonyl (C=O) groups excluding carboxylic acids is 1. The number of aromatic nitrogens is 3. The molecule has 0 radical (unpaired) electrons. The maximum absolute atomic E-state index is 13.5. The molecule has 0 aliphatic heterocycles. The van der Waals surface area contributed by atoms with Crippen LogP contribution in [0.15, 0.2) is 103 Å². The van der Waals surface area contributed by atoms with Gasteiger partial charge in [0.25, 0.3) is 5.91 Å². The van der Waals surface area contributed by atoms with E-state index in [0.717, 1.165) is 11.1 Å². The third kappa shape index (κ3) is 4.36. The molecule has 0 aliphatic rings. The molecule has 0 spiro atoms. The third-order valence-corrected chi connectivity index (χ3v) is 5.52. The first-order chi connectivity index (χ1) is 16.2. The molecular formula is C27H21FN4O. The van der Waals surface area contributed by atoms with Crippen LogP contribution in [0.1, 0.15) is 27.7 Å². The lowest BCUT2D eigenvalue weighted by Crippen LogP contribution is -2.30. The lowest BCUT2D eigenvalue weighted by atomic mass is 9.98. The number of amides is 1. The molecule has 1 N–H and O–H groups in total. The molecule has 0 saturated heterocycles. The summed E-state index contributed by atoms with van der Waals surface area (Å²) in [7, 11) is 0. The second-order valence-corrected chi connectivity index (χ2v) is 7.74. The Hall–Kier alpha value is -4.32. The van der Waals surface area contributed by atoms with Crippen molar-refractivity contribution in [1.29, 1.82) is 0 Å². The van der Waals surface area contributed by atoms with Gasteiger partial charge in [-0.3, -0.25) is 4.79 Å². The van der Waals surface area contributed by atoms with Crippen molar-refractivity contribution in [2.24, 2.45) is 0 Å². The van der Waals surface area contributed by atoms with Crippen LogP contribution in [-0.2, 0) is 6.42 Å². The number of benzene rings is 3. The predicted octanol–water partition coefficient (Wildman–Crippen LogP) is 5.27. The summed E-state index contributed by atoms with van der Waals surface area (Å²) in [5.74, 6) is -0.633. The monoisotopic (exact) mass is 436 g/mol. The maximum atomic E-state index is 13.5. The van der Waals surface area contributed by atoms with Gasteiger partial charge in [-0.15, -0.1) is 0 Å². The van der Waals surface area contributed by atoms with Crippen molar-refractivity contribution in [3.05, 3.63) is 126 Å². The minimum atomic E-state index is -0.340. The second kappa shape index (κ2) is 9.04. The van der Waals surface area contributed by atoms with Crippen LogP contribution in [0.5, 0.6) is 0 Å². The van der Waals surface area contributed by atoms with E-state index in [-0.39, 0.29) is 23.5 Å². The first-order valence-electron chi connectivity index (χ1n) is 10.7. The SMILES string of the molecule is O=C(NC(Cc1ccccc1)c1ccccc1)c1nn(-c2ccc(F)cc2)c2ncccc12. The lowest BCUT2D eigenvalue weighted by molar-refractivity contribution is 0.0932. The molecule has 1 atom stereocenters. The first kappa shape index (κ1) is 20.6. The van der Waals surface area contributed by atoms with Crippen molar-refractivity contribution < 1.29 is 9.18 Å². The zero-order valence-corrected chi connectivity index (χ0v) is 17.7. The van der Waals surface area contributed by atoms with Gasteiger partial charge in [0.1, 0.15) is 5.82 Å². The molecule has 3 aromatic carbocycles. The highest BCUT2D eigenvalue weighted by Crippen LogP contribution is 2.23. The second-order valence-electron chi connectivity index (χ2n) is 7.74. The number of nitrogens with zero attached hydrogens (tertiary/aromatic N) is 3. The summed E-state index contributed by atoms with van der Waals surface area (Å²) in [6, 6.07) is 29.2. The lowest BCUT2D eigenvalue weighted by Gasteiger charge is -2.19. The van der Waals surface area contributed by atoms with Crippen molar-refractivity contribution in [3.8, 4) is 5.69 Å². The Bertz CT molecular complexity index is 1380. The van der Waals surface area contributed by atoms with E-state index >= 15 is 0 Å². The topological polar surface area (TPSA) is 59.8 Å². The van der Waals surface area contributed by atoms with Gasteiger partial charge in [0.2, 0.25) is 0 Å². The predicted molar refractivity (Wildman–Crippen MR) is 126 cm³/mol. The van der Waals surface area contributed by atoms with Gasteiger partial charge in [-0.2, -0.15) is 5.10 Å². The van der Waals surface area contributed by atoms with Crippen molar-refractivity contribution in [2.45, 2.75) is 12.5 Å². The summed E-state index contributed by atoms with van der Waals surface area (Å²) in [6.07, 6.45) is 2.29. The zero-order chi connectivity index (χ0) is 22.6. The number of pyridine rings is 1. The molecule has 5 nitrogen and oxygen atoms in total. The summed E-state index contributed by atoms with van der Waals surface area (Å²) in [4.78, 5) is 17.9. The van der Waals surface area contributed by atoms with Gasteiger partial charge < -0.3 is 5.32 Å². The summed E-state index contributed by atoms with van der Waals surface area (Å²) in [6.45, 7) is 0. The Morgan fingerprint density at radius 3 is 2.30 bits per heavy atom. The molecule has 0 saturated carbocycles. The Morgan fingerprint density at radius 1 is 0.879 bits per heavy atom. The van der Waals surface area contributed by atoms with Gasteiger partial charge in [0.05, 0.1) is 17.1 Å². The molecule has 33 heavy (non-hydrogen) atoms. The quantitative estimate of drug-likeness (QED) is 0.394. The number of nitrogens with one attached hydrogen (secondary N) is 1. The number of fused-ring (bicyclic) bond motifs is 1. The summed E-state index contributed by atoms with van der Waals surface area (Å²) < 4.78 is 15.0. The minimum absolute atomic E-state index is 0.233. The van der Waals surface area contributed by atoms with Crippen LogP contribution < -0.4 is 5.32 Å². The standard InChI is InChI=1S/C27H21FN4O/c28-21-13-15-22(16-14-21)32-26-23(12-7-17-29-26)25(31-32)27(33)30-24(20-10-5-2-6-11-20)18-19-8-3-1-4-9-19/h1-17,24H,18H2,(H,30,33). The smallest absolute Gasteiger partial charge is 0.273 e. The molecule has 2 aromatic heterocycles. The first-order valence-corrected chi connectivity index (χ1v) is 10.7. The van der Waals surface area contributed by atoms with E-state index in [0.29, 0.717) is 23.1 Å². The van der Waals surface area contributed by atoms with Crippen LogP contribution in [0.3, 0.4) is 0 Å². The van der Waals surface area contributed by atoms with Crippen LogP contribution in [0.4, 0.5) is 4.39 Å². The normalized spacial score (nSPS) is 11.9. The number of carbonyl (C=O) groups is 1. The highest BCUT2D eigenvalue weighted by molar-refractivity contribution is 6.04. The number of rotatable bonds is 6. The van der Waals surface area contributed by atoms with Crippen molar-refractivity contribution in [2.75, 3.05) is 0 Å². The van der Waals surface area contributed by atoms with Crippen molar-refractivity contribution >= 4 is 16.9 Å². The molecule has 6 heteroatoms. The molecule has 0 aliphatic carbocycles. The van der Waals surface area contributed by atoms with Crippen LogP contribution in [-0.4, -0.2) is 20.7 Å². The Labute approximate surface area is 190 Å². The van der Waals surface area contributed by atoms with E-state index in [1.54, 1.807) is 29.1 Å². The molecule has 5 rings (SSSR count). The van der Waals surface area contributed by atoms with Gasteiger partial charge in [0.15, 0.2) is 11.3 Å². The number of hydrogen-bond donors (Lipinski definition) is 1. The third-order valence-electron chi connectivity index (χ3n) is 5.52. The van der Waals surface area contributed by atoms with E-state index in [2.05, 4.69) is 15.4 Å². The summed E-state index contributed by atoms with van der Waals surface area (Å²) in [5, 5.41) is 8.35. The fraction of sp³-hybridized carbons (Fsp3) is 0.0741. The van der Waals surface area contributed by atoms with E-state index in [4.69, 9.17) is 0 Å². The van der Waals surface area contributed by atoms with Crippen molar-refractivity contribution in [3.63, 3.8) is 0 Å². The molecule has 0 bridgehead atoms. The number of halogens is 1. The maximum Gasteiger partial charge on any atom is 0.273 e. The Morgan fingerprint density at radius 2 is 1.58 bits per heavy atom. The van der Waals surface area contributed by atoms with E-state index in [1.165, 1.54) is 12.1 Å². The van der Waals surface area contributed by atoms with E-state index in [9.17, 15) is 9.18 Å². The van der Waals surface area contributed by atoms with E-state index in [1.807, 2.05) is 66.7 Å². The molecule has 0 fully saturated rings. The Kier molecular flexibility index (Phi) is 5.64. The molecular weight excluding hydrogens is 415 g/mol. The molecule has 2 heterocycles. The average molecular weight is 436 g/mol. The van der Waals surface area contributed by atoms with Gasteiger partial charge in [-0.25, -0.2) is 14.1 Å². The van der Waals surface area contributed by atoms with Crippen LogP contribution in [0, 0.1) is 5.82 Å².